The molecule has 3 unspecified atom stereocenters. The van der Waals surface area contributed by atoms with E-state index < -0.39 is 5.60 Å². The second-order valence-electron chi connectivity index (χ2n) is 8.39. The van der Waals surface area contributed by atoms with Crippen molar-refractivity contribution in [3.05, 3.63) is 0 Å². The minimum Gasteiger partial charge on any atom is -0.444 e. The number of carbonyl (C=O) groups excluding carboxylic acids is 1. The summed E-state index contributed by atoms with van der Waals surface area (Å²) in [7, 11) is 0. The van der Waals surface area contributed by atoms with Gasteiger partial charge in [0.1, 0.15) is 5.60 Å². The highest BCUT2D eigenvalue weighted by Gasteiger charge is 2.41. The van der Waals surface area contributed by atoms with Crippen LogP contribution >= 0.6 is 0 Å². The zero-order valence-corrected chi connectivity index (χ0v) is 14.3. The van der Waals surface area contributed by atoms with Gasteiger partial charge in [-0.1, -0.05) is 0 Å². The molecule has 0 radical (unpaired) electrons. The molecule has 5 heteroatoms. The van der Waals surface area contributed by atoms with Gasteiger partial charge in [-0.05, 0) is 71.9 Å². The van der Waals surface area contributed by atoms with Crippen LogP contribution < -0.4 is 10.6 Å². The molecule has 0 aromatic rings. The maximum Gasteiger partial charge on any atom is 0.408 e. The molecule has 1 aliphatic carbocycles. The molecule has 3 aliphatic rings. The summed E-state index contributed by atoms with van der Waals surface area (Å²) in [4.78, 5) is 14.6. The van der Waals surface area contributed by atoms with E-state index in [1.165, 1.54) is 38.9 Å². The van der Waals surface area contributed by atoms with Gasteiger partial charge >= 0.3 is 6.09 Å². The minimum atomic E-state index is -0.431. The van der Waals surface area contributed by atoms with Crippen LogP contribution in [0.25, 0.3) is 0 Å². The number of hydrogen-bond acceptors (Lipinski definition) is 4. The number of fused-ring (bicyclic) bond motifs is 2. The first kappa shape index (κ1) is 16.1. The molecule has 0 aromatic heterocycles. The summed E-state index contributed by atoms with van der Waals surface area (Å²) >= 11 is 0. The van der Waals surface area contributed by atoms with Crippen molar-refractivity contribution in [1.82, 2.24) is 15.5 Å². The topological polar surface area (TPSA) is 53.6 Å². The Kier molecular flexibility index (Phi) is 4.38. The molecule has 0 aromatic carbocycles. The lowest BCUT2D eigenvalue weighted by molar-refractivity contribution is 0.0373. The second kappa shape index (κ2) is 6.00. The molecule has 2 heterocycles. The Hall–Kier alpha value is -0.810. The Morgan fingerprint density at radius 1 is 1.27 bits per heavy atom. The van der Waals surface area contributed by atoms with E-state index in [0.29, 0.717) is 6.04 Å². The van der Waals surface area contributed by atoms with Crippen LogP contribution in [0.4, 0.5) is 4.79 Å². The summed E-state index contributed by atoms with van der Waals surface area (Å²) in [5.41, 5.74) is -0.517. The lowest BCUT2D eigenvalue weighted by Gasteiger charge is -2.44. The highest BCUT2D eigenvalue weighted by atomic mass is 16.6. The fourth-order valence-electron chi connectivity index (χ4n) is 4.02. The van der Waals surface area contributed by atoms with Gasteiger partial charge in [-0.2, -0.15) is 0 Å². The Bertz CT molecular complexity index is 415. The molecule has 22 heavy (non-hydrogen) atoms. The standard InChI is InChI=1S/C17H31N3O2/c1-16(2,3)22-15(21)19-17(7-4-8-17)12-18-14-6-10-20-9-5-13(14)11-20/h13-14,18H,4-12H2,1-3H3,(H,19,21). The first-order valence-electron chi connectivity index (χ1n) is 8.82. The van der Waals surface area contributed by atoms with Crippen molar-refractivity contribution >= 4 is 6.09 Å². The lowest BCUT2D eigenvalue weighted by Crippen LogP contribution is -2.61. The van der Waals surface area contributed by atoms with E-state index in [4.69, 9.17) is 4.74 Å². The van der Waals surface area contributed by atoms with Gasteiger partial charge in [0.2, 0.25) is 0 Å². The van der Waals surface area contributed by atoms with Gasteiger partial charge in [-0.25, -0.2) is 4.79 Å². The summed E-state index contributed by atoms with van der Waals surface area (Å²) < 4.78 is 5.43. The third kappa shape index (κ3) is 3.74. The summed E-state index contributed by atoms with van der Waals surface area (Å²) in [5, 5.41) is 6.90. The first-order chi connectivity index (χ1) is 10.4. The van der Waals surface area contributed by atoms with Crippen molar-refractivity contribution in [3.63, 3.8) is 0 Å². The molecular weight excluding hydrogens is 278 g/mol. The number of nitrogens with one attached hydrogen (secondary N) is 2. The van der Waals surface area contributed by atoms with Gasteiger partial charge in [-0.3, -0.25) is 0 Å². The Morgan fingerprint density at radius 3 is 2.64 bits per heavy atom. The number of nitrogens with zero attached hydrogens (tertiary/aromatic N) is 1. The third-order valence-corrected chi connectivity index (χ3v) is 5.41. The van der Waals surface area contributed by atoms with E-state index in [9.17, 15) is 4.79 Å². The summed E-state index contributed by atoms with van der Waals surface area (Å²) in [5.74, 6) is 0.799. The first-order valence-corrected chi connectivity index (χ1v) is 8.82. The monoisotopic (exact) mass is 309 g/mol. The predicted octanol–water partition coefficient (Wildman–Crippen LogP) is 2.12. The Balaban J connectivity index is 1.49. The molecule has 1 amide bonds. The molecule has 5 nitrogen and oxygen atoms in total. The van der Waals surface area contributed by atoms with Crippen LogP contribution in [0, 0.1) is 5.92 Å². The fourth-order valence-corrected chi connectivity index (χ4v) is 4.02. The van der Waals surface area contributed by atoms with Crippen molar-refractivity contribution in [2.24, 2.45) is 5.92 Å². The largest absolute Gasteiger partial charge is 0.444 e. The maximum absolute atomic E-state index is 12.1. The van der Waals surface area contributed by atoms with Gasteiger partial charge in [0.25, 0.3) is 0 Å². The van der Waals surface area contributed by atoms with Crippen molar-refractivity contribution in [2.75, 3.05) is 26.2 Å². The molecule has 2 bridgehead atoms. The molecule has 2 aliphatic heterocycles. The van der Waals surface area contributed by atoms with Crippen LogP contribution in [-0.4, -0.2) is 54.4 Å². The number of hydrogen-bond donors (Lipinski definition) is 2. The van der Waals surface area contributed by atoms with Crippen molar-refractivity contribution in [1.29, 1.82) is 0 Å². The molecule has 1 saturated carbocycles. The molecule has 3 atom stereocenters. The van der Waals surface area contributed by atoms with Gasteiger partial charge < -0.3 is 20.3 Å². The minimum absolute atomic E-state index is 0.0852. The predicted molar refractivity (Wildman–Crippen MR) is 86.9 cm³/mol. The summed E-state index contributed by atoms with van der Waals surface area (Å²) in [6, 6.07) is 0.622. The lowest BCUT2D eigenvalue weighted by atomic mass is 9.76. The van der Waals surface area contributed by atoms with Crippen LogP contribution in [0.15, 0.2) is 0 Å². The van der Waals surface area contributed by atoms with Gasteiger partial charge in [-0.15, -0.1) is 0 Å². The van der Waals surface area contributed by atoms with E-state index in [1.54, 1.807) is 0 Å². The van der Waals surface area contributed by atoms with Crippen LogP contribution in [0.2, 0.25) is 0 Å². The molecule has 3 fully saturated rings. The number of alkyl carbamates (subject to hydrolysis) is 1. The number of amides is 1. The van der Waals surface area contributed by atoms with E-state index in [2.05, 4.69) is 15.5 Å². The average molecular weight is 309 g/mol. The second-order valence-corrected chi connectivity index (χ2v) is 8.39. The number of carbonyl (C=O) groups is 1. The SMILES string of the molecule is CC(C)(C)OC(=O)NC1(CNC2CCN3CCC2C3)CCC1. The van der Waals surface area contributed by atoms with E-state index in [-0.39, 0.29) is 11.6 Å². The zero-order valence-electron chi connectivity index (χ0n) is 14.3. The summed E-state index contributed by atoms with van der Waals surface area (Å²) in [6.45, 7) is 10.4. The Labute approximate surface area is 134 Å². The normalized spacial score (nSPS) is 33.1. The van der Waals surface area contributed by atoms with Crippen LogP contribution in [0.3, 0.4) is 0 Å². The molecule has 0 spiro atoms. The van der Waals surface area contributed by atoms with Crippen molar-refractivity contribution in [2.45, 2.75) is 70.1 Å². The molecular formula is C17H31N3O2. The van der Waals surface area contributed by atoms with E-state index >= 15 is 0 Å². The van der Waals surface area contributed by atoms with Crippen LogP contribution in [0.1, 0.15) is 52.9 Å². The number of ether oxygens (including phenoxy) is 1. The van der Waals surface area contributed by atoms with Gasteiger partial charge in [0.05, 0.1) is 5.54 Å². The smallest absolute Gasteiger partial charge is 0.408 e. The molecule has 3 rings (SSSR count). The van der Waals surface area contributed by atoms with Crippen molar-refractivity contribution < 1.29 is 9.53 Å². The van der Waals surface area contributed by atoms with E-state index in [0.717, 1.165) is 25.3 Å². The van der Waals surface area contributed by atoms with Crippen molar-refractivity contribution in [3.8, 4) is 0 Å². The maximum atomic E-state index is 12.1. The average Bonchev–Trinajstić information content (AvgIpc) is 2.75. The van der Waals surface area contributed by atoms with Crippen LogP contribution in [0.5, 0.6) is 0 Å². The molecule has 2 saturated heterocycles. The van der Waals surface area contributed by atoms with Gasteiger partial charge in [0.15, 0.2) is 0 Å². The fraction of sp³-hybridized carbons (Fsp3) is 0.941. The zero-order chi connectivity index (χ0) is 15.8. The Morgan fingerprint density at radius 2 is 2.00 bits per heavy atom. The summed E-state index contributed by atoms with van der Waals surface area (Å²) in [6.07, 6.45) is 5.60. The quantitative estimate of drug-likeness (QED) is 0.835. The van der Waals surface area contributed by atoms with Crippen LogP contribution in [-0.2, 0) is 4.74 Å². The number of rotatable bonds is 4. The highest BCUT2D eigenvalue weighted by Crippen LogP contribution is 2.33. The van der Waals surface area contributed by atoms with Gasteiger partial charge in [0, 0.05) is 19.1 Å². The third-order valence-electron chi connectivity index (χ3n) is 5.41. The number of piperidine rings is 1. The molecule has 2 N–H and O–H groups in total. The molecule has 126 valence electrons. The van der Waals surface area contributed by atoms with E-state index in [1.807, 2.05) is 20.8 Å². The highest BCUT2D eigenvalue weighted by molar-refractivity contribution is 5.69.